The Morgan fingerprint density at radius 1 is 1.08 bits per heavy atom. The van der Waals surface area contributed by atoms with Crippen LogP contribution in [0.25, 0.3) is 0 Å². The van der Waals surface area contributed by atoms with E-state index in [1.807, 2.05) is 24.3 Å². The monoisotopic (exact) mass is 354 g/mol. The van der Waals surface area contributed by atoms with Gasteiger partial charge < -0.3 is 10.2 Å². The number of amides is 2. The van der Waals surface area contributed by atoms with Gasteiger partial charge in [-0.2, -0.15) is 0 Å². The molecular weight excluding hydrogens is 331 g/mol. The zero-order valence-corrected chi connectivity index (χ0v) is 14.9. The number of anilines is 1. The second-order valence-corrected chi connectivity index (χ2v) is 6.55. The van der Waals surface area contributed by atoms with Gasteiger partial charge in [0.1, 0.15) is 5.82 Å². The lowest BCUT2D eigenvalue weighted by atomic mass is 9.95. The van der Waals surface area contributed by atoms with Gasteiger partial charge in [-0.3, -0.25) is 9.59 Å². The van der Waals surface area contributed by atoms with Gasteiger partial charge in [0.2, 0.25) is 5.91 Å². The van der Waals surface area contributed by atoms with Crippen molar-refractivity contribution in [2.24, 2.45) is 5.92 Å². The molecule has 1 aliphatic rings. The van der Waals surface area contributed by atoms with Crippen LogP contribution in [-0.4, -0.2) is 29.8 Å². The van der Waals surface area contributed by atoms with Crippen LogP contribution in [0.5, 0.6) is 0 Å². The van der Waals surface area contributed by atoms with Crippen LogP contribution in [0.15, 0.2) is 48.5 Å². The van der Waals surface area contributed by atoms with Crippen molar-refractivity contribution < 1.29 is 14.0 Å². The first-order chi connectivity index (χ1) is 12.6. The maximum Gasteiger partial charge on any atom is 0.256 e. The molecule has 4 nitrogen and oxygen atoms in total. The number of nitrogens with zero attached hydrogens (tertiary/aromatic N) is 1. The van der Waals surface area contributed by atoms with E-state index >= 15 is 0 Å². The third-order valence-corrected chi connectivity index (χ3v) is 4.91. The minimum atomic E-state index is -0.506. The summed E-state index contributed by atoms with van der Waals surface area (Å²) in [6.07, 6.45) is 2.02. The third kappa shape index (κ3) is 3.93. The Kier molecular flexibility index (Phi) is 5.66. The van der Waals surface area contributed by atoms with E-state index in [2.05, 4.69) is 12.2 Å². The number of rotatable bonds is 4. The second-order valence-electron chi connectivity index (χ2n) is 6.55. The Morgan fingerprint density at radius 3 is 2.42 bits per heavy atom. The predicted molar refractivity (Wildman–Crippen MR) is 99.5 cm³/mol. The van der Waals surface area contributed by atoms with Crippen molar-refractivity contribution in [3.8, 4) is 0 Å². The van der Waals surface area contributed by atoms with E-state index in [0.29, 0.717) is 25.9 Å². The van der Waals surface area contributed by atoms with Crippen LogP contribution in [0, 0.1) is 11.7 Å². The van der Waals surface area contributed by atoms with E-state index in [1.165, 1.54) is 12.1 Å². The average molecular weight is 354 g/mol. The SMILES string of the molecule is CCc1ccccc1NC(=O)C1CCN(C(=O)c2ccccc2F)CC1. The molecule has 26 heavy (non-hydrogen) atoms. The molecule has 0 aromatic heterocycles. The number of piperidine rings is 1. The molecule has 0 aliphatic carbocycles. The summed E-state index contributed by atoms with van der Waals surface area (Å²) >= 11 is 0. The summed E-state index contributed by atoms with van der Waals surface area (Å²) in [5.41, 5.74) is 2.05. The molecule has 1 fully saturated rings. The largest absolute Gasteiger partial charge is 0.339 e. The van der Waals surface area contributed by atoms with E-state index in [0.717, 1.165) is 17.7 Å². The summed E-state index contributed by atoms with van der Waals surface area (Å²) in [4.78, 5) is 26.6. The van der Waals surface area contributed by atoms with Crippen molar-refractivity contribution in [1.82, 2.24) is 4.90 Å². The smallest absolute Gasteiger partial charge is 0.256 e. The quantitative estimate of drug-likeness (QED) is 0.906. The number of benzene rings is 2. The van der Waals surface area contributed by atoms with Gasteiger partial charge in [0.25, 0.3) is 5.91 Å². The first kappa shape index (κ1) is 18.1. The fourth-order valence-corrected chi connectivity index (χ4v) is 3.34. The van der Waals surface area contributed by atoms with Gasteiger partial charge in [-0.15, -0.1) is 0 Å². The van der Waals surface area contributed by atoms with Crippen LogP contribution in [0.4, 0.5) is 10.1 Å². The van der Waals surface area contributed by atoms with Gasteiger partial charge in [-0.05, 0) is 43.0 Å². The lowest BCUT2D eigenvalue weighted by Crippen LogP contribution is -2.41. The van der Waals surface area contributed by atoms with Crippen LogP contribution in [0.2, 0.25) is 0 Å². The normalized spacial score (nSPS) is 14.9. The van der Waals surface area contributed by atoms with Crippen LogP contribution in [-0.2, 0) is 11.2 Å². The highest BCUT2D eigenvalue weighted by molar-refractivity contribution is 5.95. The Bertz CT molecular complexity index is 798. The number of hydrogen-bond acceptors (Lipinski definition) is 2. The van der Waals surface area contributed by atoms with Gasteiger partial charge in [0.15, 0.2) is 0 Å². The number of halogens is 1. The molecule has 2 aromatic carbocycles. The number of hydrogen-bond donors (Lipinski definition) is 1. The van der Waals surface area contributed by atoms with Gasteiger partial charge in [-0.25, -0.2) is 4.39 Å². The molecule has 2 aromatic rings. The predicted octanol–water partition coefficient (Wildman–Crippen LogP) is 3.88. The molecule has 3 rings (SSSR count). The molecule has 0 bridgehead atoms. The summed E-state index contributed by atoms with van der Waals surface area (Å²) in [7, 11) is 0. The Balaban J connectivity index is 1.59. The van der Waals surface area contributed by atoms with Crippen molar-refractivity contribution in [2.75, 3.05) is 18.4 Å². The zero-order valence-electron chi connectivity index (χ0n) is 14.9. The Hall–Kier alpha value is -2.69. The molecule has 1 aliphatic heterocycles. The molecule has 1 heterocycles. The van der Waals surface area contributed by atoms with E-state index in [1.54, 1.807) is 17.0 Å². The average Bonchev–Trinajstić information content (AvgIpc) is 2.68. The molecule has 0 spiro atoms. The van der Waals surface area contributed by atoms with Crippen LogP contribution in [0.3, 0.4) is 0 Å². The summed E-state index contributed by atoms with van der Waals surface area (Å²) < 4.78 is 13.8. The van der Waals surface area contributed by atoms with Crippen LogP contribution < -0.4 is 5.32 Å². The molecule has 0 atom stereocenters. The second kappa shape index (κ2) is 8.13. The Morgan fingerprint density at radius 2 is 1.73 bits per heavy atom. The van der Waals surface area contributed by atoms with Gasteiger partial charge >= 0.3 is 0 Å². The number of nitrogens with one attached hydrogen (secondary N) is 1. The topological polar surface area (TPSA) is 49.4 Å². The van der Waals surface area contributed by atoms with Crippen LogP contribution >= 0.6 is 0 Å². The van der Waals surface area contributed by atoms with Crippen molar-refractivity contribution in [3.63, 3.8) is 0 Å². The highest BCUT2D eigenvalue weighted by Crippen LogP contribution is 2.23. The van der Waals surface area contributed by atoms with Gasteiger partial charge in [-0.1, -0.05) is 37.3 Å². The molecule has 0 radical (unpaired) electrons. The fourth-order valence-electron chi connectivity index (χ4n) is 3.34. The standard InChI is InChI=1S/C21H23FN2O2/c1-2-15-7-3-6-10-19(15)23-20(25)16-11-13-24(14-12-16)21(26)17-8-4-5-9-18(17)22/h3-10,16H,2,11-14H2,1H3,(H,23,25). The molecule has 0 unspecified atom stereocenters. The van der Waals surface area contributed by atoms with Gasteiger partial charge in [0.05, 0.1) is 5.56 Å². The third-order valence-electron chi connectivity index (χ3n) is 4.91. The number of carbonyl (C=O) groups is 2. The van der Waals surface area contributed by atoms with E-state index in [-0.39, 0.29) is 23.3 Å². The van der Waals surface area contributed by atoms with E-state index in [4.69, 9.17) is 0 Å². The fraction of sp³-hybridized carbons (Fsp3) is 0.333. The van der Waals surface area contributed by atoms with Crippen molar-refractivity contribution >= 4 is 17.5 Å². The number of likely N-dealkylation sites (tertiary alicyclic amines) is 1. The molecular formula is C21H23FN2O2. The molecule has 1 saturated heterocycles. The maximum atomic E-state index is 13.8. The molecule has 1 N–H and O–H groups in total. The number of para-hydroxylation sites is 1. The summed E-state index contributed by atoms with van der Waals surface area (Å²) in [6.45, 7) is 2.97. The molecule has 5 heteroatoms. The highest BCUT2D eigenvalue weighted by Gasteiger charge is 2.28. The summed E-state index contributed by atoms with van der Waals surface area (Å²) in [5.74, 6) is -0.958. The molecule has 2 amide bonds. The first-order valence-corrected chi connectivity index (χ1v) is 9.02. The number of carbonyl (C=O) groups excluding carboxylic acids is 2. The minimum Gasteiger partial charge on any atom is -0.339 e. The zero-order chi connectivity index (χ0) is 18.5. The van der Waals surface area contributed by atoms with Crippen molar-refractivity contribution in [2.45, 2.75) is 26.2 Å². The van der Waals surface area contributed by atoms with Crippen molar-refractivity contribution in [3.05, 3.63) is 65.5 Å². The number of aryl methyl sites for hydroxylation is 1. The molecule has 0 saturated carbocycles. The molecule has 136 valence electrons. The highest BCUT2D eigenvalue weighted by atomic mass is 19.1. The van der Waals surface area contributed by atoms with E-state index < -0.39 is 5.82 Å². The minimum absolute atomic E-state index is 0.0103. The summed E-state index contributed by atoms with van der Waals surface area (Å²) in [5, 5.41) is 3.01. The van der Waals surface area contributed by atoms with Crippen molar-refractivity contribution in [1.29, 1.82) is 0 Å². The lowest BCUT2D eigenvalue weighted by molar-refractivity contribution is -0.121. The van der Waals surface area contributed by atoms with E-state index in [9.17, 15) is 14.0 Å². The first-order valence-electron chi connectivity index (χ1n) is 9.02. The van der Waals surface area contributed by atoms with Crippen LogP contribution in [0.1, 0.15) is 35.7 Å². The Labute approximate surface area is 153 Å². The maximum absolute atomic E-state index is 13.8. The lowest BCUT2D eigenvalue weighted by Gasteiger charge is -2.31. The summed E-state index contributed by atoms with van der Waals surface area (Å²) in [6, 6.07) is 13.8. The van der Waals surface area contributed by atoms with Gasteiger partial charge in [0, 0.05) is 24.7 Å².